The fourth-order valence-electron chi connectivity index (χ4n) is 2.16. The first kappa shape index (κ1) is 15.2. The molecule has 0 radical (unpaired) electrons. The van der Waals surface area contributed by atoms with E-state index in [0.717, 1.165) is 22.9 Å². The van der Waals surface area contributed by atoms with E-state index in [1.165, 1.54) is 0 Å². The van der Waals surface area contributed by atoms with Gasteiger partial charge in [0.2, 0.25) is 15.8 Å². The summed E-state index contributed by atoms with van der Waals surface area (Å²) in [7, 11) is -3.29. The van der Waals surface area contributed by atoms with Crippen LogP contribution in [0.2, 0.25) is 0 Å². The fourth-order valence-corrected chi connectivity index (χ4v) is 2.73. The smallest absolute Gasteiger partial charge is 0.258 e. The van der Waals surface area contributed by atoms with Crippen molar-refractivity contribution in [3.63, 3.8) is 0 Å². The molecule has 0 aliphatic heterocycles. The van der Waals surface area contributed by atoms with Gasteiger partial charge in [-0.2, -0.15) is 4.98 Å². The average molecular weight is 329 g/mol. The highest BCUT2D eigenvalue weighted by Gasteiger charge is 2.12. The van der Waals surface area contributed by atoms with Crippen LogP contribution in [0.1, 0.15) is 5.56 Å². The van der Waals surface area contributed by atoms with Crippen molar-refractivity contribution in [2.45, 2.75) is 6.92 Å². The molecule has 1 aromatic heterocycles. The minimum atomic E-state index is -3.29. The van der Waals surface area contributed by atoms with Gasteiger partial charge in [0.25, 0.3) is 5.89 Å². The highest BCUT2D eigenvalue weighted by Crippen LogP contribution is 2.25. The SMILES string of the molecule is Cc1ccccc1-c1nc(-c2ccc(NS(C)(=O)=O)cc2)no1. The number of rotatable bonds is 4. The molecule has 0 unspecified atom stereocenters. The van der Waals surface area contributed by atoms with Gasteiger partial charge >= 0.3 is 0 Å². The molecule has 6 nitrogen and oxygen atoms in total. The van der Waals surface area contributed by atoms with Crippen LogP contribution >= 0.6 is 0 Å². The van der Waals surface area contributed by atoms with Crippen molar-refractivity contribution in [3.8, 4) is 22.8 Å². The van der Waals surface area contributed by atoms with E-state index in [1.54, 1.807) is 24.3 Å². The summed E-state index contributed by atoms with van der Waals surface area (Å²) >= 11 is 0. The van der Waals surface area contributed by atoms with Crippen LogP contribution in [0.3, 0.4) is 0 Å². The molecule has 0 aliphatic carbocycles. The zero-order chi connectivity index (χ0) is 16.4. The zero-order valence-corrected chi connectivity index (χ0v) is 13.5. The van der Waals surface area contributed by atoms with Crippen LogP contribution in [-0.4, -0.2) is 24.8 Å². The first-order valence-corrected chi connectivity index (χ1v) is 8.79. The van der Waals surface area contributed by atoms with Crippen LogP contribution in [0, 0.1) is 6.92 Å². The summed E-state index contributed by atoms with van der Waals surface area (Å²) in [5.74, 6) is 0.908. The van der Waals surface area contributed by atoms with Gasteiger partial charge in [0.1, 0.15) is 0 Å². The lowest BCUT2D eigenvalue weighted by Crippen LogP contribution is -2.09. The maximum Gasteiger partial charge on any atom is 0.258 e. The number of hydrogen-bond donors (Lipinski definition) is 1. The van der Waals surface area contributed by atoms with Gasteiger partial charge in [0, 0.05) is 16.8 Å². The van der Waals surface area contributed by atoms with E-state index in [0.29, 0.717) is 17.4 Å². The first-order valence-electron chi connectivity index (χ1n) is 6.90. The molecule has 2 aromatic carbocycles. The minimum absolute atomic E-state index is 0.453. The largest absolute Gasteiger partial charge is 0.334 e. The number of anilines is 1. The van der Waals surface area contributed by atoms with Crippen molar-refractivity contribution in [3.05, 3.63) is 54.1 Å². The molecule has 0 aliphatic rings. The minimum Gasteiger partial charge on any atom is -0.334 e. The van der Waals surface area contributed by atoms with E-state index < -0.39 is 10.0 Å². The molecule has 0 atom stereocenters. The third kappa shape index (κ3) is 3.57. The Kier molecular flexibility index (Phi) is 3.87. The van der Waals surface area contributed by atoms with Crippen molar-refractivity contribution >= 4 is 15.7 Å². The van der Waals surface area contributed by atoms with Crippen molar-refractivity contribution in [2.75, 3.05) is 11.0 Å². The number of nitrogens with one attached hydrogen (secondary N) is 1. The Hall–Kier alpha value is -2.67. The summed E-state index contributed by atoms with van der Waals surface area (Å²) in [6.45, 7) is 1.98. The van der Waals surface area contributed by atoms with Gasteiger partial charge in [-0.3, -0.25) is 4.72 Å². The zero-order valence-electron chi connectivity index (χ0n) is 12.6. The lowest BCUT2D eigenvalue weighted by molar-refractivity contribution is 0.432. The Labute approximate surface area is 134 Å². The van der Waals surface area contributed by atoms with Gasteiger partial charge in [0.15, 0.2) is 0 Å². The second-order valence-electron chi connectivity index (χ2n) is 5.19. The number of aromatic nitrogens is 2. The number of sulfonamides is 1. The topological polar surface area (TPSA) is 85.1 Å². The van der Waals surface area contributed by atoms with Crippen LogP contribution in [-0.2, 0) is 10.0 Å². The molecule has 118 valence electrons. The summed E-state index contributed by atoms with van der Waals surface area (Å²) in [5.41, 5.74) is 3.17. The fraction of sp³-hybridized carbons (Fsp3) is 0.125. The van der Waals surface area contributed by atoms with E-state index in [9.17, 15) is 8.42 Å². The lowest BCUT2D eigenvalue weighted by Gasteiger charge is -2.03. The molecule has 1 heterocycles. The summed E-state index contributed by atoms with van der Waals surface area (Å²) in [6.07, 6.45) is 1.11. The van der Waals surface area contributed by atoms with Crippen LogP contribution in [0.5, 0.6) is 0 Å². The summed E-state index contributed by atoms with van der Waals surface area (Å²) < 4.78 is 30.1. The monoisotopic (exact) mass is 329 g/mol. The van der Waals surface area contributed by atoms with Crippen molar-refractivity contribution in [2.24, 2.45) is 0 Å². The predicted molar refractivity (Wildman–Crippen MR) is 88.4 cm³/mol. The van der Waals surface area contributed by atoms with Gasteiger partial charge in [-0.15, -0.1) is 0 Å². The van der Waals surface area contributed by atoms with Crippen molar-refractivity contribution < 1.29 is 12.9 Å². The Morgan fingerprint density at radius 3 is 2.39 bits per heavy atom. The molecule has 7 heteroatoms. The number of nitrogens with zero attached hydrogens (tertiary/aromatic N) is 2. The molecule has 3 rings (SSSR count). The predicted octanol–water partition coefficient (Wildman–Crippen LogP) is 3.08. The highest BCUT2D eigenvalue weighted by atomic mass is 32.2. The normalized spacial score (nSPS) is 11.4. The highest BCUT2D eigenvalue weighted by molar-refractivity contribution is 7.92. The first-order chi connectivity index (χ1) is 10.9. The van der Waals surface area contributed by atoms with E-state index in [4.69, 9.17) is 4.52 Å². The van der Waals surface area contributed by atoms with Crippen molar-refractivity contribution in [1.29, 1.82) is 0 Å². The molecule has 0 fully saturated rings. The molecule has 23 heavy (non-hydrogen) atoms. The average Bonchev–Trinajstić information content (AvgIpc) is 2.96. The van der Waals surface area contributed by atoms with Gasteiger partial charge < -0.3 is 4.52 Å². The van der Waals surface area contributed by atoms with Gasteiger partial charge in [-0.05, 0) is 42.8 Å². The van der Waals surface area contributed by atoms with E-state index >= 15 is 0 Å². The molecule has 0 saturated carbocycles. The van der Waals surface area contributed by atoms with Gasteiger partial charge in [0.05, 0.1) is 6.26 Å². The number of aryl methyl sites for hydroxylation is 1. The maximum absolute atomic E-state index is 11.2. The second-order valence-corrected chi connectivity index (χ2v) is 6.94. The molecule has 0 spiro atoms. The Bertz CT molecular complexity index is 931. The van der Waals surface area contributed by atoms with E-state index in [1.807, 2.05) is 31.2 Å². The van der Waals surface area contributed by atoms with Gasteiger partial charge in [-0.25, -0.2) is 8.42 Å². The molecule has 0 bridgehead atoms. The Morgan fingerprint density at radius 1 is 1.04 bits per heavy atom. The second kappa shape index (κ2) is 5.85. The van der Waals surface area contributed by atoms with Crippen LogP contribution in [0.4, 0.5) is 5.69 Å². The number of benzene rings is 2. The van der Waals surface area contributed by atoms with Crippen LogP contribution < -0.4 is 4.72 Å². The Balaban J connectivity index is 1.88. The molecule has 3 aromatic rings. The summed E-state index contributed by atoms with van der Waals surface area (Å²) in [6, 6.07) is 14.5. The van der Waals surface area contributed by atoms with E-state index in [2.05, 4.69) is 14.9 Å². The number of hydrogen-bond acceptors (Lipinski definition) is 5. The molecule has 1 N–H and O–H groups in total. The lowest BCUT2D eigenvalue weighted by atomic mass is 10.1. The van der Waals surface area contributed by atoms with Crippen molar-refractivity contribution in [1.82, 2.24) is 10.1 Å². The Morgan fingerprint density at radius 2 is 1.74 bits per heavy atom. The quantitative estimate of drug-likeness (QED) is 0.795. The molecular formula is C16H15N3O3S. The third-order valence-corrected chi connectivity index (χ3v) is 3.85. The molecule has 0 saturated heterocycles. The maximum atomic E-state index is 11.2. The van der Waals surface area contributed by atoms with Gasteiger partial charge in [-0.1, -0.05) is 23.4 Å². The van der Waals surface area contributed by atoms with Crippen LogP contribution in [0.25, 0.3) is 22.8 Å². The van der Waals surface area contributed by atoms with Crippen LogP contribution in [0.15, 0.2) is 53.1 Å². The molecule has 0 amide bonds. The summed E-state index contributed by atoms with van der Waals surface area (Å²) in [4.78, 5) is 4.40. The third-order valence-electron chi connectivity index (χ3n) is 3.25. The van der Waals surface area contributed by atoms with E-state index in [-0.39, 0.29) is 0 Å². The molecular weight excluding hydrogens is 314 g/mol. The summed E-state index contributed by atoms with van der Waals surface area (Å²) in [5, 5.41) is 3.98. The standard InChI is InChI=1S/C16H15N3O3S/c1-11-5-3-4-6-14(11)16-17-15(18-22-16)12-7-9-13(10-8-12)19-23(2,20)21/h3-10,19H,1-2H3.